The lowest BCUT2D eigenvalue weighted by atomic mass is 10.2. The zero-order valence-electron chi connectivity index (χ0n) is 12.5. The van der Waals surface area contributed by atoms with Crippen LogP contribution >= 0.6 is 11.8 Å². The van der Waals surface area contributed by atoms with Crippen molar-refractivity contribution in [3.05, 3.63) is 53.6 Å². The molecule has 122 valence electrons. The number of thioether (sulfide) groups is 1. The minimum atomic E-state index is -4.36. The molecule has 0 saturated heterocycles. The highest BCUT2D eigenvalue weighted by Crippen LogP contribution is 2.38. The van der Waals surface area contributed by atoms with Crippen LogP contribution in [0.1, 0.15) is 11.1 Å². The van der Waals surface area contributed by atoms with Crippen LogP contribution in [0.15, 0.2) is 47.4 Å². The van der Waals surface area contributed by atoms with Gasteiger partial charge in [-0.05, 0) is 55.4 Å². The molecule has 2 amide bonds. The SMILES string of the molecule is Cc1ccc(NC(=O)Nc2cc(SC(F)(F)F)ccc2C)cc1. The molecular weight excluding hydrogens is 325 g/mol. The van der Waals surface area contributed by atoms with Crippen molar-refractivity contribution in [1.29, 1.82) is 0 Å². The molecule has 0 spiro atoms. The first-order chi connectivity index (χ1) is 10.7. The number of hydrogen-bond donors (Lipinski definition) is 2. The molecule has 0 aliphatic carbocycles. The van der Waals surface area contributed by atoms with Gasteiger partial charge in [0, 0.05) is 16.3 Å². The van der Waals surface area contributed by atoms with E-state index in [0.717, 1.165) is 5.56 Å². The number of anilines is 2. The summed E-state index contributed by atoms with van der Waals surface area (Å²) in [5.41, 5.74) is -1.69. The van der Waals surface area contributed by atoms with E-state index in [0.29, 0.717) is 16.9 Å². The molecule has 0 saturated carbocycles. The fraction of sp³-hybridized carbons (Fsp3) is 0.188. The minimum absolute atomic E-state index is 0.0220. The quantitative estimate of drug-likeness (QED) is 0.718. The van der Waals surface area contributed by atoms with Crippen molar-refractivity contribution in [2.24, 2.45) is 0 Å². The van der Waals surface area contributed by atoms with Gasteiger partial charge in [-0.1, -0.05) is 23.8 Å². The Morgan fingerprint density at radius 2 is 1.65 bits per heavy atom. The summed E-state index contributed by atoms with van der Waals surface area (Å²) < 4.78 is 37.3. The molecule has 0 aliphatic rings. The third-order valence-electron chi connectivity index (χ3n) is 3.00. The molecule has 3 nitrogen and oxygen atoms in total. The van der Waals surface area contributed by atoms with E-state index in [4.69, 9.17) is 0 Å². The topological polar surface area (TPSA) is 41.1 Å². The Bertz CT molecular complexity index is 699. The Hall–Kier alpha value is -2.15. The molecule has 2 N–H and O–H groups in total. The Labute approximate surface area is 136 Å². The lowest BCUT2D eigenvalue weighted by molar-refractivity contribution is -0.0328. The third-order valence-corrected chi connectivity index (χ3v) is 3.72. The Morgan fingerprint density at radius 1 is 1.00 bits per heavy atom. The highest BCUT2D eigenvalue weighted by molar-refractivity contribution is 8.00. The van der Waals surface area contributed by atoms with Crippen LogP contribution in [0.25, 0.3) is 0 Å². The number of hydrogen-bond acceptors (Lipinski definition) is 2. The van der Waals surface area contributed by atoms with Crippen molar-refractivity contribution in [1.82, 2.24) is 0 Å². The molecule has 0 bridgehead atoms. The molecule has 0 radical (unpaired) electrons. The number of rotatable bonds is 3. The summed E-state index contributed by atoms with van der Waals surface area (Å²) in [6, 6.07) is 10.9. The van der Waals surface area contributed by atoms with Crippen LogP contribution in [-0.4, -0.2) is 11.5 Å². The average molecular weight is 340 g/mol. The zero-order chi connectivity index (χ0) is 17.0. The summed E-state index contributed by atoms with van der Waals surface area (Å²) in [5.74, 6) is 0. The van der Waals surface area contributed by atoms with Crippen molar-refractivity contribution >= 4 is 29.2 Å². The Morgan fingerprint density at radius 3 is 2.26 bits per heavy atom. The van der Waals surface area contributed by atoms with Crippen LogP contribution in [0.2, 0.25) is 0 Å². The first-order valence-electron chi connectivity index (χ1n) is 6.74. The predicted octanol–water partition coefficient (Wildman–Crippen LogP) is 5.56. The highest BCUT2D eigenvalue weighted by Gasteiger charge is 2.29. The number of amides is 2. The molecule has 2 aromatic carbocycles. The van der Waals surface area contributed by atoms with Crippen molar-refractivity contribution in [3.63, 3.8) is 0 Å². The number of nitrogens with one attached hydrogen (secondary N) is 2. The fourth-order valence-electron chi connectivity index (χ4n) is 1.85. The molecule has 2 aromatic rings. The first-order valence-corrected chi connectivity index (χ1v) is 7.56. The van der Waals surface area contributed by atoms with Gasteiger partial charge in [0.2, 0.25) is 0 Å². The van der Waals surface area contributed by atoms with Gasteiger partial charge in [0.1, 0.15) is 0 Å². The van der Waals surface area contributed by atoms with Gasteiger partial charge in [0.05, 0.1) is 0 Å². The number of aryl methyl sites for hydroxylation is 2. The second kappa shape index (κ2) is 6.95. The van der Waals surface area contributed by atoms with Gasteiger partial charge in [0.25, 0.3) is 0 Å². The average Bonchev–Trinajstić information content (AvgIpc) is 2.43. The summed E-state index contributed by atoms with van der Waals surface area (Å²) in [6.07, 6.45) is 0. The molecule has 0 aromatic heterocycles. The maximum Gasteiger partial charge on any atom is 0.446 e. The normalized spacial score (nSPS) is 11.2. The summed E-state index contributed by atoms with van der Waals surface area (Å²) in [4.78, 5) is 12.0. The van der Waals surface area contributed by atoms with E-state index in [9.17, 15) is 18.0 Å². The van der Waals surface area contributed by atoms with Crippen LogP contribution in [0.4, 0.5) is 29.3 Å². The number of urea groups is 1. The maximum absolute atomic E-state index is 12.4. The molecule has 23 heavy (non-hydrogen) atoms. The van der Waals surface area contributed by atoms with Gasteiger partial charge in [-0.2, -0.15) is 13.2 Å². The molecule has 0 unspecified atom stereocenters. The van der Waals surface area contributed by atoms with Crippen LogP contribution in [-0.2, 0) is 0 Å². The molecule has 2 rings (SSSR count). The van der Waals surface area contributed by atoms with Crippen LogP contribution in [0, 0.1) is 13.8 Å². The van der Waals surface area contributed by atoms with Crippen LogP contribution in [0.3, 0.4) is 0 Å². The van der Waals surface area contributed by atoms with E-state index in [1.54, 1.807) is 19.1 Å². The fourth-order valence-corrected chi connectivity index (χ4v) is 2.43. The standard InChI is InChI=1S/C16H15F3N2OS/c1-10-3-6-12(7-4-10)20-15(22)21-14-9-13(8-5-11(14)2)23-16(17,18)19/h3-9H,1-2H3,(H2,20,21,22). The van der Waals surface area contributed by atoms with Crippen molar-refractivity contribution < 1.29 is 18.0 Å². The smallest absolute Gasteiger partial charge is 0.308 e. The summed E-state index contributed by atoms with van der Waals surface area (Å²) in [7, 11) is 0. The predicted molar refractivity (Wildman–Crippen MR) is 86.9 cm³/mol. The van der Waals surface area contributed by atoms with Gasteiger partial charge >= 0.3 is 11.5 Å². The summed E-state index contributed by atoms with van der Waals surface area (Å²) in [5, 5.41) is 5.20. The van der Waals surface area contributed by atoms with E-state index in [1.807, 2.05) is 19.1 Å². The highest BCUT2D eigenvalue weighted by atomic mass is 32.2. The summed E-state index contributed by atoms with van der Waals surface area (Å²) in [6.45, 7) is 3.64. The van der Waals surface area contributed by atoms with E-state index in [1.165, 1.54) is 18.2 Å². The molecule has 7 heteroatoms. The molecule has 0 heterocycles. The first kappa shape index (κ1) is 17.2. The second-order valence-electron chi connectivity index (χ2n) is 4.97. The zero-order valence-corrected chi connectivity index (χ0v) is 13.3. The number of carbonyl (C=O) groups is 1. The molecular formula is C16H15F3N2OS. The van der Waals surface area contributed by atoms with Gasteiger partial charge in [0.15, 0.2) is 0 Å². The third kappa shape index (κ3) is 5.52. The number of benzene rings is 2. The Balaban J connectivity index is 2.07. The van der Waals surface area contributed by atoms with E-state index in [-0.39, 0.29) is 16.7 Å². The van der Waals surface area contributed by atoms with E-state index < -0.39 is 11.5 Å². The lowest BCUT2D eigenvalue weighted by Gasteiger charge is -2.12. The lowest BCUT2D eigenvalue weighted by Crippen LogP contribution is -2.20. The van der Waals surface area contributed by atoms with Crippen LogP contribution < -0.4 is 10.6 Å². The minimum Gasteiger partial charge on any atom is -0.308 e. The molecule has 0 fully saturated rings. The van der Waals surface area contributed by atoms with Gasteiger partial charge < -0.3 is 10.6 Å². The van der Waals surface area contributed by atoms with Crippen molar-refractivity contribution in [2.45, 2.75) is 24.3 Å². The molecule has 0 aliphatic heterocycles. The van der Waals surface area contributed by atoms with Gasteiger partial charge in [-0.25, -0.2) is 4.79 Å². The van der Waals surface area contributed by atoms with Crippen LogP contribution in [0.5, 0.6) is 0 Å². The van der Waals surface area contributed by atoms with Crippen molar-refractivity contribution in [3.8, 4) is 0 Å². The monoisotopic (exact) mass is 340 g/mol. The van der Waals surface area contributed by atoms with Gasteiger partial charge in [-0.3, -0.25) is 0 Å². The van der Waals surface area contributed by atoms with E-state index in [2.05, 4.69) is 10.6 Å². The number of alkyl halides is 3. The van der Waals surface area contributed by atoms with E-state index >= 15 is 0 Å². The van der Waals surface area contributed by atoms with Gasteiger partial charge in [-0.15, -0.1) is 0 Å². The molecule has 0 atom stereocenters. The van der Waals surface area contributed by atoms with Crippen molar-refractivity contribution in [2.75, 3.05) is 10.6 Å². The number of carbonyl (C=O) groups excluding carboxylic acids is 1. The maximum atomic E-state index is 12.4. The summed E-state index contributed by atoms with van der Waals surface area (Å²) >= 11 is -0.215. The largest absolute Gasteiger partial charge is 0.446 e. The second-order valence-corrected chi connectivity index (χ2v) is 6.11. The Kier molecular flexibility index (Phi) is 5.20. The number of halogens is 3.